The van der Waals surface area contributed by atoms with Crippen molar-refractivity contribution in [3.8, 4) is 6.07 Å². The molecular weight excluding hydrogens is 134 g/mol. The van der Waals surface area contributed by atoms with E-state index in [0.717, 1.165) is 6.42 Å². The number of hydrogen-bond acceptors (Lipinski definition) is 1. The molecule has 1 nitrogen and oxygen atoms in total. The van der Waals surface area contributed by atoms with Crippen LogP contribution in [0.2, 0.25) is 0 Å². The average molecular weight is 153 g/mol. The van der Waals surface area contributed by atoms with Crippen LogP contribution in [0.25, 0.3) is 0 Å². The number of nitriles is 1. The maximum atomic E-state index is 8.78. The van der Waals surface area contributed by atoms with E-state index in [1.807, 2.05) is 0 Å². The van der Waals surface area contributed by atoms with Gasteiger partial charge in [-0.3, -0.25) is 0 Å². The second-order valence-electron chi connectivity index (χ2n) is 3.92. The van der Waals surface area contributed by atoms with Gasteiger partial charge in [-0.2, -0.15) is 5.26 Å². The Hall–Kier alpha value is -0.510. The second kappa shape index (κ2) is 3.76. The molecular formula is C10H19N. The van der Waals surface area contributed by atoms with E-state index in [4.69, 9.17) is 5.26 Å². The Bertz CT molecular complexity index is 153. The van der Waals surface area contributed by atoms with Crippen LogP contribution in [0.5, 0.6) is 0 Å². The van der Waals surface area contributed by atoms with Crippen LogP contribution in [-0.4, -0.2) is 0 Å². The van der Waals surface area contributed by atoms with E-state index >= 15 is 0 Å². The van der Waals surface area contributed by atoms with E-state index in [1.165, 1.54) is 19.3 Å². The number of nitrogens with zero attached hydrogens (tertiary/aromatic N) is 1. The van der Waals surface area contributed by atoms with Gasteiger partial charge >= 0.3 is 0 Å². The molecule has 0 bridgehead atoms. The Morgan fingerprint density at radius 3 is 2.36 bits per heavy atom. The summed E-state index contributed by atoms with van der Waals surface area (Å²) in [5, 5.41) is 8.78. The molecule has 0 aromatic carbocycles. The third kappa shape index (κ3) is 2.22. The number of hydrogen-bond donors (Lipinski definition) is 0. The quantitative estimate of drug-likeness (QED) is 0.523. The first-order chi connectivity index (χ1) is 4.67. The van der Waals surface area contributed by atoms with Gasteiger partial charge in [-0.15, -0.1) is 0 Å². The highest BCUT2D eigenvalue weighted by Gasteiger charge is 2.31. The first-order valence-corrected chi connectivity index (χ1v) is 4.06. The third-order valence-corrected chi connectivity index (χ3v) is 2.66. The van der Waals surface area contributed by atoms with Gasteiger partial charge in [-0.05, 0) is 18.3 Å². The smallest absolute Gasteiger partial charge is 0.0661 e. The molecule has 0 saturated heterocycles. The first kappa shape index (κ1) is 10.5. The van der Waals surface area contributed by atoms with Crippen molar-refractivity contribution >= 4 is 0 Å². The molecule has 0 amide bonds. The van der Waals surface area contributed by atoms with E-state index in [9.17, 15) is 0 Å². The Labute approximate surface area is 70.4 Å². The number of rotatable bonds is 0. The van der Waals surface area contributed by atoms with Gasteiger partial charge in [-0.1, -0.05) is 34.1 Å². The standard InChI is InChI=1S/C9H15N.CH4/c1-9(2)6-4-3-5-8(9)7-10;/h8H,3-6H2,1-2H3;1H4. The summed E-state index contributed by atoms with van der Waals surface area (Å²) < 4.78 is 0. The fourth-order valence-electron chi connectivity index (χ4n) is 1.73. The second-order valence-corrected chi connectivity index (χ2v) is 3.92. The van der Waals surface area contributed by atoms with Gasteiger partial charge in [0.15, 0.2) is 0 Å². The largest absolute Gasteiger partial charge is 0.198 e. The average Bonchev–Trinajstić information content (AvgIpc) is 1.87. The van der Waals surface area contributed by atoms with Crippen molar-refractivity contribution < 1.29 is 0 Å². The van der Waals surface area contributed by atoms with Crippen molar-refractivity contribution in [3.63, 3.8) is 0 Å². The molecule has 1 rings (SSSR count). The molecule has 0 radical (unpaired) electrons. The molecule has 1 heteroatoms. The predicted octanol–water partition coefficient (Wildman–Crippen LogP) is 3.36. The topological polar surface area (TPSA) is 23.8 Å². The van der Waals surface area contributed by atoms with Gasteiger partial charge in [0.1, 0.15) is 0 Å². The Kier molecular flexibility index (Phi) is 3.58. The van der Waals surface area contributed by atoms with Crippen molar-refractivity contribution in [1.29, 1.82) is 5.26 Å². The Morgan fingerprint density at radius 1 is 1.36 bits per heavy atom. The van der Waals surface area contributed by atoms with Crippen molar-refractivity contribution in [1.82, 2.24) is 0 Å². The van der Waals surface area contributed by atoms with Crippen LogP contribution in [0.4, 0.5) is 0 Å². The summed E-state index contributed by atoms with van der Waals surface area (Å²) in [5.41, 5.74) is 0.285. The maximum absolute atomic E-state index is 8.78. The SMILES string of the molecule is C.CC1(C)CCCCC1C#N. The van der Waals surface area contributed by atoms with Crippen LogP contribution in [0.1, 0.15) is 47.0 Å². The van der Waals surface area contributed by atoms with Crippen LogP contribution in [-0.2, 0) is 0 Å². The molecule has 0 aromatic rings. The Balaban J connectivity index is 0.000001000. The predicted molar refractivity (Wildman–Crippen MR) is 48.1 cm³/mol. The Morgan fingerprint density at radius 2 is 2.00 bits per heavy atom. The van der Waals surface area contributed by atoms with Crippen LogP contribution >= 0.6 is 0 Å². The lowest BCUT2D eigenvalue weighted by molar-refractivity contribution is 0.183. The fraction of sp³-hybridized carbons (Fsp3) is 0.900. The van der Waals surface area contributed by atoms with Gasteiger partial charge in [-0.25, -0.2) is 0 Å². The highest BCUT2D eigenvalue weighted by Crippen LogP contribution is 2.39. The van der Waals surface area contributed by atoms with Gasteiger partial charge < -0.3 is 0 Å². The molecule has 0 spiro atoms. The van der Waals surface area contributed by atoms with Crippen LogP contribution < -0.4 is 0 Å². The van der Waals surface area contributed by atoms with E-state index < -0.39 is 0 Å². The summed E-state index contributed by atoms with van der Waals surface area (Å²) in [6.45, 7) is 4.42. The molecule has 1 atom stereocenters. The minimum Gasteiger partial charge on any atom is -0.198 e. The van der Waals surface area contributed by atoms with Crippen molar-refractivity contribution in [2.45, 2.75) is 47.0 Å². The van der Waals surface area contributed by atoms with Gasteiger partial charge in [0.05, 0.1) is 12.0 Å². The molecule has 0 N–H and O–H groups in total. The molecule has 0 aromatic heterocycles. The van der Waals surface area contributed by atoms with E-state index in [0.29, 0.717) is 5.92 Å². The van der Waals surface area contributed by atoms with Crippen LogP contribution in [0, 0.1) is 22.7 Å². The normalized spacial score (nSPS) is 28.3. The summed E-state index contributed by atoms with van der Waals surface area (Å²) in [4.78, 5) is 0. The zero-order chi connectivity index (χ0) is 7.61. The van der Waals surface area contributed by atoms with Gasteiger partial charge in [0.25, 0.3) is 0 Å². The minimum absolute atomic E-state index is 0. The van der Waals surface area contributed by atoms with Crippen LogP contribution in [0.3, 0.4) is 0 Å². The molecule has 1 saturated carbocycles. The first-order valence-electron chi connectivity index (χ1n) is 4.06. The van der Waals surface area contributed by atoms with Crippen molar-refractivity contribution in [3.05, 3.63) is 0 Å². The molecule has 1 aliphatic carbocycles. The lowest BCUT2D eigenvalue weighted by Crippen LogP contribution is -2.26. The molecule has 0 heterocycles. The molecule has 0 aliphatic heterocycles. The zero-order valence-corrected chi connectivity index (χ0v) is 6.85. The van der Waals surface area contributed by atoms with E-state index in [1.54, 1.807) is 0 Å². The summed E-state index contributed by atoms with van der Waals surface area (Å²) in [6, 6.07) is 2.39. The lowest BCUT2D eigenvalue weighted by Gasteiger charge is -2.33. The highest BCUT2D eigenvalue weighted by atomic mass is 14.4. The summed E-state index contributed by atoms with van der Waals surface area (Å²) >= 11 is 0. The highest BCUT2D eigenvalue weighted by molar-refractivity contribution is 4.95. The van der Waals surface area contributed by atoms with Crippen molar-refractivity contribution in [2.24, 2.45) is 11.3 Å². The summed E-state index contributed by atoms with van der Waals surface area (Å²) in [7, 11) is 0. The van der Waals surface area contributed by atoms with E-state index in [2.05, 4.69) is 19.9 Å². The van der Waals surface area contributed by atoms with Crippen molar-refractivity contribution in [2.75, 3.05) is 0 Å². The molecule has 64 valence electrons. The van der Waals surface area contributed by atoms with Gasteiger partial charge in [0.2, 0.25) is 0 Å². The molecule has 1 aliphatic rings. The fourth-order valence-corrected chi connectivity index (χ4v) is 1.73. The van der Waals surface area contributed by atoms with Crippen LogP contribution in [0.15, 0.2) is 0 Å². The molecule has 1 unspecified atom stereocenters. The van der Waals surface area contributed by atoms with E-state index in [-0.39, 0.29) is 12.8 Å². The zero-order valence-electron chi connectivity index (χ0n) is 6.85. The lowest BCUT2D eigenvalue weighted by atomic mass is 9.70. The van der Waals surface area contributed by atoms with Gasteiger partial charge in [0, 0.05) is 0 Å². The third-order valence-electron chi connectivity index (χ3n) is 2.66. The summed E-state index contributed by atoms with van der Waals surface area (Å²) in [5.74, 6) is 0.307. The maximum Gasteiger partial charge on any atom is 0.0661 e. The molecule has 11 heavy (non-hydrogen) atoms. The minimum atomic E-state index is 0. The molecule has 1 fully saturated rings. The monoisotopic (exact) mass is 153 g/mol. The summed E-state index contributed by atoms with van der Waals surface area (Å²) in [6.07, 6.45) is 4.90.